The number of rotatable bonds is 5. The number of carbonyl (C=O) groups excluding carboxylic acids is 1. The minimum atomic E-state index is 0.177. The second-order valence-electron chi connectivity index (χ2n) is 5.95. The molecule has 0 aliphatic heterocycles. The average Bonchev–Trinajstić information content (AvgIpc) is 2.95. The van der Waals surface area contributed by atoms with E-state index in [4.69, 9.17) is 0 Å². The molecular weight excluding hydrogens is 212 g/mol. The van der Waals surface area contributed by atoms with Gasteiger partial charge in [0.1, 0.15) is 0 Å². The minimum absolute atomic E-state index is 0.177. The molecule has 0 saturated heterocycles. The molecule has 2 aliphatic carbocycles. The molecule has 17 heavy (non-hydrogen) atoms. The highest BCUT2D eigenvalue weighted by Gasteiger charge is 2.21. The van der Waals surface area contributed by atoms with Crippen LogP contribution >= 0.6 is 0 Å². The lowest BCUT2D eigenvalue weighted by atomic mass is 10.1. The summed E-state index contributed by atoms with van der Waals surface area (Å²) in [5, 5.41) is 6.42. The lowest BCUT2D eigenvalue weighted by Gasteiger charge is -2.14. The first-order chi connectivity index (χ1) is 8.24. The highest BCUT2D eigenvalue weighted by atomic mass is 16.1. The standard InChI is InChI=1S/C14H26N2O/c1-11-6-7-12(8-11)9-16-14(17)10-15-13-4-2-3-5-13/h11-13,15H,2-10H2,1H3,(H,16,17). The highest BCUT2D eigenvalue weighted by molar-refractivity contribution is 5.78. The third kappa shape index (κ3) is 4.30. The van der Waals surface area contributed by atoms with E-state index in [9.17, 15) is 4.79 Å². The van der Waals surface area contributed by atoms with Gasteiger partial charge in [0.2, 0.25) is 5.91 Å². The van der Waals surface area contributed by atoms with Gasteiger partial charge in [0.15, 0.2) is 0 Å². The van der Waals surface area contributed by atoms with E-state index in [-0.39, 0.29) is 5.91 Å². The third-order valence-corrected chi connectivity index (χ3v) is 4.30. The van der Waals surface area contributed by atoms with E-state index in [1.54, 1.807) is 0 Å². The van der Waals surface area contributed by atoms with Crippen molar-refractivity contribution >= 4 is 5.91 Å². The van der Waals surface area contributed by atoms with Gasteiger partial charge in [-0.2, -0.15) is 0 Å². The van der Waals surface area contributed by atoms with Gasteiger partial charge in [0.05, 0.1) is 6.54 Å². The number of hydrogen-bond acceptors (Lipinski definition) is 2. The van der Waals surface area contributed by atoms with Gasteiger partial charge >= 0.3 is 0 Å². The summed E-state index contributed by atoms with van der Waals surface area (Å²) in [5.74, 6) is 1.75. The lowest BCUT2D eigenvalue weighted by molar-refractivity contribution is -0.120. The van der Waals surface area contributed by atoms with Crippen molar-refractivity contribution in [2.45, 2.75) is 57.9 Å². The fraction of sp³-hybridized carbons (Fsp3) is 0.929. The maximum Gasteiger partial charge on any atom is 0.233 e. The molecule has 2 fully saturated rings. The van der Waals surface area contributed by atoms with Gasteiger partial charge in [-0.25, -0.2) is 0 Å². The fourth-order valence-electron chi connectivity index (χ4n) is 3.20. The predicted molar refractivity (Wildman–Crippen MR) is 69.8 cm³/mol. The van der Waals surface area contributed by atoms with Crippen LogP contribution in [-0.2, 0) is 4.79 Å². The first kappa shape index (κ1) is 12.9. The van der Waals surface area contributed by atoms with E-state index in [2.05, 4.69) is 17.6 Å². The summed E-state index contributed by atoms with van der Waals surface area (Å²) < 4.78 is 0. The van der Waals surface area contributed by atoms with E-state index in [1.807, 2.05) is 0 Å². The summed E-state index contributed by atoms with van der Waals surface area (Å²) in [4.78, 5) is 11.7. The Bertz CT molecular complexity index is 249. The first-order valence-electron chi connectivity index (χ1n) is 7.24. The summed E-state index contributed by atoms with van der Waals surface area (Å²) >= 11 is 0. The summed E-state index contributed by atoms with van der Waals surface area (Å²) in [6.45, 7) is 3.70. The number of carbonyl (C=O) groups is 1. The zero-order valence-corrected chi connectivity index (χ0v) is 11.0. The Hall–Kier alpha value is -0.570. The molecule has 2 aliphatic rings. The number of amides is 1. The van der Waals surface area contributed by atoms with Crippen LogP contribution in [0.3, 0.4) is 0 Å². The van der Waals surface area contributed by atoms with Crippen LogP contribution in [0.4, 0.5) is 0 Å². The summed E-state index contributed by atoms with van der Waals surface area (Å²) in [6, 6.07) is 0.590. The number of hydrogen-bond donors (Lipinski definition) is 2. The molecule has 0 heterocycles. The largest absolute Gasteiger partial charge is 0.355 e. The van der Waals surface area contributed by atoms with Crippen molar-refractivity contribution in [3.8, 4) is 0 Å². The van der Waals surface area contributed by atoms with Crippen LogP contribution in [0.15, 0.2) is 0 Å². The van der Waals surface area contributed by atoms with Crippen molar-refractivity contribution in [3.05, 3.63) is 0 Å². The average molecular weight is 238 g/mol. The minimum Gasteiger partial charge on any atom is -0.355 e. The van der Waals surface area contributed by atoms with Crippen LogP contribution in [0.25, 0.3) is 0 Å². The molecule has 98 valence electrons. The van der Waals surface area contributed by atoms with Crippen LogP contribution in [0.2, 0.25) is 0 Å². The van der Waals surface area contributed by atoms with Crippen LogP contribution in [0.5, 0.6) is 0 Å². The molecule has 3 nitrogen and oxygen atoms in total. The van der Waals surface area contributed by atoms with Gasteiger partial charge < -0.3 is 10.6 Å². The van der Waals surface area contributed by atoms with Gasteiger partial charge in [-0.3, -0.25) is 4.79 Å². The van der Waals surface area contributed by atoms with E-state index in [1.165, 1.54) is 44.9 Å². The van der Waals surface area contributed by atoms with Gasteiger partial charge in [-0.1, -0.05) is 26.2 Å². The molecule has 0 spiro atoms. The van der Waals surface area contributed by atoms with Crippen molar-refractivity contribution in [1.82, 2.24) is 10.6 Å². The molecule has 2 rings (SSSR count). The molecule has 0 aromatic carbocycles. The molecule has 2 unspecified atom stereocenters. The normalized spacial score (nSPS) is 29.7. The molecule has 0 bridgehead atoms. The Morgan fingerprint density at radius 3 is 2.59 bits per heavy atom. The summed E-state index contributed by atoms with van der Waals surface area (Å²) in [6.07, 6.45) is 9.04. The van der Waals surface area contributed by atoms with Crippen molar-refractivity contribution in [2.75, 3.05) is 13.1 Å². The molecule has 0 aromatic rings. The second kappa shape index (κ2) is 6.39. The molecule has 1 amide bonds. The maximum absolute atomic E-state index is 11.7. The predicted octanol–water partition coefficient (Wildman–Crippen LogP) is 2.07. The van der Waals surface area contributed by atoms with Crippen molar-refractivity contribution in [1.29, 1.82) is 0 Å². The molecule has 0 radical (unpaired) electrons. The lowest BCUT2D eigenvalue weighted by Crippen LogP contribution is -2.39. The molecular formula is C14H26N2O. The van der Waals surface area contributed by atoms with Crippen LogP contribution in [-0.4, -0.2) is 25.0 Å². The Kier molecular flexibility index (Phi) is 4.84. The van der Waals surface area contributed by atoms with Crippen molar-refractivity contribution < 1.29 is 4.79 Å². The van der Waals surface area contributed by atoms with E-state index in [0.29, 0.717) is 12.6 Å². The SMILES string of the molecule is CC1CCC(CNC(=O)CNC2CCCC2)C1. The highest BCUT2D eigenvalue weighted by Crippen LogP contribution is 2.29. The first-order valence-corrected chi connectivity index (χ1v) is 7.24. The quantitative estimate of drug-likeness (QED) is 0.770. The molecule has 2 saturated carbocycles. The summed E-state index contributed by atoms with van der Waals surface area (Å²) in [7, 11) is 0. The fourth-order valence-corrected chi connectivity index (χ4v) is 3.20. The topological polar surface area (TPSA) is 41.1 Å². The van der Waals surface area contributed by atoms with E-state index in [0.717, 1.165) is 18.4 Å². The molecule has 3 heteroatoms. The Morgan fingerprint density at radius 1 is 1.18 bits per heavy atom. The molecule has 2 atom stereocenters. The zero-order chi connectivity index (χ0) is 12.1. The third-order valence-electron chi connectivity index (χ3n) is 4.30. The molecule has 2 N–H and O–H groups in total. The van der Waals surface area contributed by atoms with Gasteiger partial charge in [0, 0.05) is 12.6 Å². The van der Waals surface area contributed by atoms with Crippen LogP contribution < -0.4 is 10.6 Å². The van der Waals surface area contributed by atoms with Crippen molar-refractivity contribution in [2.24, 2.45) is 11.8 Å². The van der Waals surface area contributed by atoms with Crippen LogP contribution in [0.1, 0.15) is 51.9 Å². The molecule has 0 aromatic heterocycles. The Labute approximate surface area is 105 Å². The van der Waals surface area contributed by atoms with Crippen LogP contribution in [0, 0.1) is 11.8 Å². The van der Waals surface area contributed by atoms with Gasteiger partial charge in [-0.15, -0.1) is 0 Å². The smallest absolute Gasteiger partial charge is 0.233 e. The number of nitrogens with one attached hydrogen (secondary N) is 2. The summed E-state index contributed by atoms with van der Waals surface area (Å²) in [5.41, 5.74) is 0. The zero-order valence-electron chi connectivity index (χ0n) is 11.0. The monoisotopic (exact) mass is 238 g/mol. The van der Waals surface area contributed by atoms with Crippen molar-refractivity contribution in [3.63, 3.8) is 0 Å². The maximum atomic E-state index is 11.7. The Balaban J connectivity index is 1.54. The van der Waals surface area contributed by atoms with E-state index < -0.39 is 0 Å². The van der Waals surface area contributed by atoms with Gasteiger partial charge in [-0.05, 0) is 37.5 Å². The Morgan fingerprint density at radius 2 is 1.94 bits per heavy atom. The van der Waals surface area contributed by atoms with E-state index >= 15 is 0 Å². The second-order valence-corrected chi connectivity index (χ2v) is 5.95. The van der Waals surface area contributed by atoms with Gasteiger partial charge in [0.25, 0.3) is 0 Å².